The minimum Gasteiger partial charge on any atom is -0.677 e. The van der Waals surface area contributed by atoms with Gasteiger partial charge >= 0.3 is 21.7 Å². The van der Waals surface area contributed by atoms with Crippen LogP contribution < -0.4 is 0 Å². The van der Waals surface area contributed by atoms with Crippen molar-refractivity contribution in [1.82, 2.24) is 4.90 Å². The second-order valence-electron chi connectivity index (χ2n) is 5.90. The van der Waals surface area contributed by atoms with Crippen molar-refractivity contribution < 1.29 is 21.7 Å². The number of unbranched alkanes of at least 4 members (excludes halogenated alkanes) is 1. The number of likely N-dealkylation sites (N-methyl/N-ethyl adjacent to an activating group) is 1. The van der Waals surface area contributed by atoms with Crippen molar-refractivity contribution in [3.05, 3.63) is 65.8 Å². The van der Waals surface area contributed by atoms with E-state index in [0.717, 1.165) is 32.2 Å². The molecule has 25 heavy (non-hydrogen) atoms. The molecule has 0 bridgehead atoms. The molecule has 1 aliphatic rings. The van der Waals surface area contributed by atoms with Gasteiger partial charge in [0.1, 0.15) is 0 Å². The fourth-order valence-electron chi connectivity index (χ4n) is 2.47. The fraction of sp³-hybridized carbons (Fsp3) is 0.450. The molecule has 0 spiro atoms. The van der Waals surface area contributed by atoms with Crippen molar-refractivity contribution in [2.45, 2.75) is 32.6 Å². The van der Waals surface area contributed by atoms with Gasteiger partial charge in [0, 0.05) is 6.54 Å². The number of rotatable bonds is 6. The van der Waals surface area contributed by atoms with Gasteiger partial charge in [-0.05, 0) is 37.2 Å². The van der Waals surface area contributed by atoms with Gasteiger partial charge in [0.25, 0.3) is 0 Å². The predicted octanol–water partition coefficient (Wildman–Crippen LogP) is 6.02. The molecule has 2 rings (SSSR count). The molecule has 140 valence electrons. The Labute approximate surface area is 182 Å². The van der Waals surface area contributed by atoms with E-state index in [0.29, 0.717) is 6.54 Å². The Morgan fingerprint density at radius 3 is 2.28 bits per heavy atom. The monoisotopic (exact) mass is 418 g/mol. The summed E-state index contributed by atoms with van der Waals surface area (Å²) in [5, 5.41) is 0. The topological polar surface area (TPSA) is 27.0 Å². The van der Waals surface area contributed by atoms with Gasteiger partial charge in [-0.2, -0.15) is 13.0 Å². The Kier molecular flexibility index (Phi) is 20.6. The van der Waals surface area contributed by atoms with Gasteiger partial charge in [0.05, 0.1) is 0 Å². The minimum atomic E-state index is 0. The third-order valence-corrected chi connectivity index (χ3v) is 3.61. The molecule has 0 radical (unpaired) electrons. The van der Waals surface area contributed by atoms with Crippen LogP contribution in [0.1, 0.15) is 37.3 Å². The molecule has 0 saturated carbocycles. The van der Waals surface area contributed by atoms with E-state index in [1.165, 1.54) is 22.3 Å². The first-order valence-corrected chi connectivity index (χ1v) is 8.18. The number of nitrogens with one attached hydrogen (secondary N) is 1. The van der Waals surface area contributed by atoms with Gasteiger partial charge in [-0.1, -0.05) is 61.7 Å². The maximum absolute atomic E-state index is 6.60. The molecule has 1 aromatic carbocycles. The summed E-state index contributed by atoms with van der Waals surface area (Å²) in [5.41, 5.74) is 12.2. The molecule has 1 aliphatic carbocycles. The van der Waals surface area contributed by atoms with E-state index < -0.39 is 0 Å². The van der Waals surface area contributed by atoms with Crippen LogP contribution in [-0.4, -0.2) is 32.1 Å². The average molecular weight is 419 g/mol. The summed E-state index contributed by atoms with van der Waals surface area (Å²) in [4.78, 5) is 2.21. The van der Waals surface area contributed by atoms with E-state index in [2.05, 4.69) is 69.3 Å². The Morgan fingerprint density at radius 2 is 1.80 bits per heavy atom. The quantitative estimate of drug-likeness (QED) is 0.409. The molecule has 1 N–H and O–H groups in total. The average Bonchev–Trinajstić information content (AvgIpc) is 2.96. The third-order valence-electron chi connectivity index (χ3n) is 3.61. The maximum atomic E-state index is 6.60. The molecule has 0 heterocycles. The summed E-state index contributed by atoms with van der Waals surface area (Å²) in [6.07, 6.45) is 8.78. The number of hydrogen-bond acceptors (Lipinski definition) is 1. The molecule has 0 aromatic heterocycles. The van der Waals surface area contributed by atoms with Crippen molar-refractivity contribution in [2.24, 2.45) is 0 Å². The molecule has 0 amide bonds. The van der Waals surface area contributed by atoms with Gasteiger partial charge in [-0.25, -0.2) is 0 Å². The zero-order valence-corrected chi connectivity index (χ0v) is 18.9. The van der Waals surface area contributed by atoms with Crippen LogP contribution in [0.3, 0.4) is 0 Å². The molecular formula is C20H32Cl2N2Ti. The number of hydrogen-bond donors (Lipinski definition) is 0. The van der Waals surface area contributed by atoms with E-state index in [1.54, 1.807) is 0 Å². The smallest absolute Gasteiger partial charge is 0.677 e. The summed E-state index contributed by atoms with van der Waals surface area (Å²) < 4.78 is 0. The van der Waals surface area contributed by atoms with Crippen LogP contribution in [-0.2, 0) is 28.1 Å². The van der Waals surface area contributed by atoms with E-state index in [-0.39, 0.29) is 46.5 Å². The molecule has 0 fully saturated rings. The van der Waals surface area contributed by atoms with Crippen LogP contribution in [0.15, 0.2) is 42.0 Å². The van der Waals surface area contributed by atoms with Crippen molar-refractivity contribution in [3.63, 3.8) is 0 Å². The third kappa shape index (κ3) is 11.3. The van der Waals surface area contributed by atoms with Gasteiger partial charge in [-0.3, -0.25) is 0 Å². The fourth-order valence-corrected chi connectivity index (χ4v) is 2.47. The van der Waals surface area contributed by atoms with Crippen molar-refractivity contribution in [3.8, 4) is 0 Å². The summed E-state index contributed by atoms with van der Waals surface area (Å²) in [5.74, 6) is 0. The zero-order chi connectivity index (χ0) is 16.4. The van der Waals surface area contributed by atoms with Crippen LogP contribution in [0.4, 0.5) is 0 Å². The number of halogens is 2. The molecule has 0 atom stereocenters. The molecule has 0 unspecified atom stereocenters. The Hall–Kier alpha value is -0.0857. The Balaban J connectivity index is -0.000000539. The first-order chi connectivity index (χ1) is 10.6. The predicted molar refractivity (Wildman–Crippen MR) is 113 cm³/mol. The van der Waals surface area contributed by atoms with Crippen LogP contribution in [0.2, 0.25) is 0 Å². The maximum Gasteiger partial charge on any atom is 2.00 e. The summed E-state index contributed by atoms with van der Waals surface area (Å²) >= 11 is 0. The first-order valence-electron chi connectivity index (χ1n) is 8.18. The van der Waals surface area contributed by atoms with Crippen LogP contribution >= 0.6 is 24.8 Å². The zero-order valence-electron chi connectivity index (χ0n) is 15.7. The van der Waals surface area contributed by atoms with E-state index in [1.807, 2.05) is 0 Å². The van der Waals surface area contributed by atoms with Gasteiger partial charge in [-0.15, -0.1) is 24.8 Å². The number of benzene rings is 1. The SMILES string of the molecule is CCCC[NH-].Cl.Cl.[CH2-]Cc1ccccc1C1=CC(CN(C)C)=CC1.[Ti+2]. The molecule has 0 aliphatic heterocycles. The summed E-state index contributed by atoms with van der Waals surface area (Å²) in [7, 11) is 4.22. The second kappa shape index (κ2) is 17.3. The minimum absolute atomic E-state index is 0. The largest absolute Gasteiger partial charge is 2.00 e. The van der Waals surface area contributed by atoms with Gasteiger partial charge in [0.2, 0.25) is 0 Å². The normalized spacial score (nSPS) is 11.9. The molecule has 1 aromatic rings. The van der Waals surface area contributed by atoms with Gasteiger partial charge < -0.3 is 17.6 Å². The molecule has 0 saturated heterocycles. The number of nitrogens with zero attached hydrogens (tertiary/aromatic N) is 1. The second-order valence-corrected chi connectivity index (χ2v) is 5.90. The van der Waals surface area contributed by atoms with Crippen LogP contribution in [0, 0.1) is 6.92 Å². The van der Waals surface area contributed by atoms with Gasteiger partial charge in [0.15, 0.2) is 0 Å². The van der Waals surface area contributed by atoms with E-state index in [9.17, 15) is 0 Å². The number of allylic oxidation sites excluding steroid dienone is 2. The van der Waals surface area contributed by atoms with Crippen LogP contribution in [0.5, 0.6) is 0 Å². The molecule has 5 heteroatoms. The standard InChI is InChI=1S/C16H20N.C4H10N.2ClH.Ti/c1-4-14-7-5-6-8-16(14)15-10-9-13(11-15)12-17(2)3;1-2-3-4-5;;;/h5-9,11H,1,4,10,12H2,2-3H3;5H,2-4H2,1H3;2*1H;/q2*-1;;;+2. The van der Waals surface area contributed by atoms with Crippen LogP contribution in [0.25, 0.3) is 11.3 Å². The van der Waals surface area contributed by atoms with Crippen molar-refractivity contribution in [1.29, 1.82) is 0 Å². The summed E-state index contributed by atoms with van der Waals surface area (Å²) in [6, 6.07) is 8.58. The Bertz CT molecular complexity index is 512. The molecule has 2 nitrogen and oxygen atoms in total. The van der Waals surface area contributed by atoms with E-state index in [4.69, 9.17) is 5.73 Å². The van der Waals surface area contributed by atoms with E-state index >= 15 is 0 Å². The molecular weight excluding hydrogens is 387 g/mol. The Morgan fingerprint density at radius 1 is 1.16 bits per heavy atom. The van der Waals surface area contributed by atoms with Crippen molar-refractivity contribution in [2.75, 3.05) is 27.2 Å². The van der Waals surface area contributed by atoms with Crippen molar-refractivity contribution >= 4 is 30.4 Å². The first kappa shape index (κ1) is 29.7. The summed E-state index contributed by atoms with van der Waals surface area (Å²) in [6.45, 7) is 7.71.